The van der Waals surface area contributed by atoms with Crippen LogP contribution in [0.2, 0.25) is 0 Å². The second-order valence-electron chi connectivity index (χ2n) is 2.97. The topological polar surface area (TPSA) is 9.23 Å². The van der Waals surface area contributed by atoms with Gasteiger partial charge in [0, 0.05) is 0 Å². The highest BCUT2D eigenvalue weighted by atomic mass is 16.5. The molecule has 1 aliphatic rings. The molecule has 59 valence electrons. The Balaban J connectivity index is 2.02. The Morgan fingerprint density at radius 2 is 2.00 bits per heavy atom. The summed E-state index contributed by atoms with van der Waals surface area (Å²) in [5, 5.41) is 0. The summed E-state index contributed by atoms with van der Waals surface area (Å²) < 4.78 is 5.51. The molecule has 0 amide bonds. The first-order valence-electron chi connectivity index (χ1n) is 4.40. The smallest absolute Gasteiger partial charge is 0.0837 e. The van der Waals surface area contributed by atoms with Gasteiger partial charge in [-0.05, 0) is 19.3 Å². The molecule has 1 saturated carbocycles. The molecule has 10 heavy (non-hydrogen) atoms. The van der Waals surface area contributed by atoms with Gasteiger partial charge in [0.15, 0.2) is 0 Å². The van der Waals surface area contributed by atoms with Gasteiger partial charge in [-0.2, -0.15) is 0 Å². The van der Waals surface area contributed by atoms with Crippen LogP contribution < -0.4 is 0 Å². The third-order valence-corrected chi connectivity index (χ3v) is 2.01. The van der Waals surface area contributed by atoms with Gasteiger partial charge in [0.25, 0.3) is 0 Å². The van der Waals surface area contributed by atoms with Crippen molar-refractivity contribution >= 4 is 0 Å². The molecule has 0 unspecified atom stereocenters. The molecule has 0 N–H and O–H groups in total. The molecule has 0 bridgehead atoms. The van der Waals surface area contributed by atoms with Gasteiger partial charge in [-0.15, -0.1) is 0 Å². The summed E-state index contributed by atoms with van der Waals surface area (Å²) in [6.45, 7) is 4.05. The van der Waals surface area contributed by atoms with Gasteiger partial charge in [0.1, 0.15) is 0 Å². The van der Waals surface area contributed by atoms with E-state index in [1.165, 1.54) is 32.1 Å². The first kappa shape index (κ1) is 8.06. The standard InChI is InChI=1S/C9H17O/c1-2-8-10-9-6-4-3-5-7-9/h8-9H,2-7H2,1H3. The minimum Gasteiger partial charge on any atom is -0.372 e. The Labute approximate surface area is 63.8 Å². The second-order valence-corrected chi connectivity index (χ2v) is 2.97. The van der Waals surface area contributed by atoms with Crippen molar-refractivity contribution < 1.29 is 4.74 Å². The normalized spacial score (nSPS) is 21.3. The van der Waals surface area contributed by atoms with Crippen molar-refractivity contribution in [2.75, 3.05) is 0 Å². The third-order valence-electron chi connectivity index (χ3n) is 2.01. The SMILES string of the molecule is CC[CH]OC1CCCCC1. The van der Waals surface area contributed by atoms with E-state index in [1.807, 2.05) is 6.61 Å². The Kier molecular flexibility index (Phi) is 3.81. The van der Waals surface area contributed by atoms with Crippen molar-refractivity contribution in [2.45, 2.75) is 51.6 Å². The average Bonchev–Trinajstić information content (AvgIpc) is 2.03. The number of ether oxygens (including phenoxy) is 1. The molecule has 0 aromatic rings. The summed E-state index contributed by atoms with van der Waals surface area (Å²) in [6, 6.07) is 0. The van der Waals surface area contributed by atoms with Gasteiger partial charge >= 0.3 is 0 Å². The summed E-state index contributed by atoms with van der Waals surface area (Å²) >= 11 is 0. The van der Waals surface area contributed by atoms with E-state index >= 15 is 0 Å². The predicted molar refractivity (Wildman–Crippen MR) is 42.5 cm³/mol. The first-order valence-corrected chi connectivity index (χ1v) is 4.40. The third kappa shape index (κ3) is 2.70. The quantitative estimate of drug-likeness (QED) is 0.587. The van der Waals surface area contributed by atoms with Crippen LogP contribution in [0.4, 0.5) is 0 Å². The molecular formula is C9H17O. The molecule has 0 aromatic heterocycles. The van der Waals surface area contributed by atoms with Crippen LogP contribution >= 0.6 is 0 Å². The highest BCUT2D eigenvalue weighted by molar-refractivity contribution is 4.66. The molecule has 1 nitrogen and oxygen atoms in total. The fourth-order valence-corrected chi connectivity index (χ4v) is 1.43. The lowest BCUT2D eigenvalue weighted by molar-refractivity contribution is 0.0707. The molecule has 0 saturated heterocycles. The maximum atomic E-state index is 5.51. The molecule has 0 aliphatic heterocycles. The van der Waals surface area contributed by atoms with E-state index in [4.69, 9.17) is 4.74 Å². The minimum atomic E-state index is 0.550. The van der Waals surface area contributed by atoms with Crippen molar-refractivity contribution in [1.29, 1.82) is 0 Å². The van der Waals surface area contributed by atoms with E-state index in [-0.39, 0.29) is 0 Å². The maximum Gasteiger partial charge on any atom is 0.0837 e. The molecule has 1 rings (SSSR count). The monoisotopic (exact) mass is 141 g/mol. The van der Waals surface area contributed by atoms with E-state index in [0.29, 0.717) is 6.10 Å². The predicted octanol–water partition coefficient (Wildman–Crippen LogP) is 2.91. The van der Waals surface area contributed by atoms with Crippen LogP contribution in [0.5, 0.6) is 0 Å². The fraction of sp³-hybridized carbons (Fsp3) is 0.889. The fourth-order valence-electron chi connectivity index (χ4n) is 1.43. The highest BCUT2D eigenvalue weighted by Crippen LogP contribution is 2.20. The van der Waals surface area contributed by atoms with Crippen LogP contribution in [-0.4, -0.2) is 6.10 Å². The molecule has 1 heteroatoms. The second kappa shape index (κ2) is 4.73. The van der Waals surface area contributed by atoms with Gasteiger partial charge in [0.05, 0.1) is 12.7 Å². The van der Waals surface area contributed by atoms with Crippen molar-refractivity contribution in [3.8, 4) is 0 Å². The molecule has 0 aromatic carbocycles. The lowest BCUT2D eigenvalue weighted by Crippen LogP contribution is -2.14. The summed E-state index contributed by atoms with van der Waals surface area (Å²) in [7, 11) is 0. The molecule has 1 fully saturated rings. The highest BCUT2D eigenvalue weighted by Gasteiger charge is 2.12. The zero-order valence-corrected chi connectivity index (χ0v) is 6.81. The lowest BCUT2D eigenvalue weighted by atomic mass is 9.98. The average molecular weight is 141 g/mol. The van der Waals surface area contributed by atoms with Gasteiger partial charge in [0.2, 0.25) is 0 Å². The van der Waals surface area contributed by atoms with E-state index in [0.717, 1.165) is 6.42 Å². The van der Waals surface area contributed by atoms with Crippen LogP contribution in [0, 0.1) is 6.61 Å². The van der Waals surface area contributed by atoms with Gasteiger partial charge < -0.3 is 4.74 Å². The van der Waals surface area contributed by atoms with Gasteiger partial charge in [-0.3, -0.25) is 0 Å². The molecule has 0 heterocycles. The summed E-state index contributed by atoms with van der Waals surface area (Å²) in [4.78, 5) is 0. The Morgan fingerprint density at radius 1 is 1.30 bits per heavy atom. The number of hydrogen-bond acceptors (Lipinski definition) is 1. The molecule has 0 spiro atoms. The van der Waals surface area contributed by atoms with E-state index in [9.17, 15) is 0 Å². The minimum absolute atomic E-state index is 0.550. The van der Waals surface area contributed by atoms with Crippen LogP contribution in [0.3, 0.4) is 0 Å². The summed E-state index contributed by atoms with van der Waals surface area (Å²) in [5.41, 5.74) is 0. The summed E-state index contributed by atoms with van der Waals surface area (Å²) in [6.07, 6.45) is 8.27. The van der Waals surface area contributed by atoms with Crippen molar-refractivity contribution in [1.82, 2.24) is 0 Å². The number of hydrogen-bond donors (Lipinski definition) is 0. The van der Waals surface area contributed by atoms with E-state index in [1.54, 1.807) is 0 Å². The van der Waals surface area contributed by atoms with Crippen LogP contribution in [-0.2, 0) is 4.74 Å². The molecule has 1 aliphatic carbocycles. The molecular weight excluding hydrogens is 124 g/mol. The van der Waals surface area contributed by atoms with Gasteiger partial charge in [-0.25, -0.2) is 0 Å². The zero-order chi connectivity index (χ0) is 7.23. The van der Waals surface area contributed by atoms with Crippen molar-refractivity contribution in [2.24, 2.45) is 0 Å². The molecule has 1 radical (unpaired) electrons. The number of rotatable bonds is 3. The van der Waals surface area contributed by atoms with Crippen molar-refractivity contribution in [3.63, 3.8) is 0 Å². The van der Waals surface area contributed by atoms with E-state index in [2.05, 4.69) is 6.92 Å². The largest absolute Gasteiger partial charge is 0.372 e. The van der Waals surface area contributed by atoms with Crippen LogP contribution in [0.1, 0.15) is 45.4 Å². The molecule has 0 atom stereocenters. The Morgan fingerprint density at radius 3 is 2.60 bits per heavy atom. The van der Waals surface area contributed by atoms with Crippen LogP contribution in [0.25, 0.3) is 0 Å². The van der Waals surface area contributed by atoms with Crippen molar-refractivity contribution in [3.05, 3.63) is 6.61 Å². The van der Waals surface area contributed by atoms with E-state index < -0.39 is 0 Å². The van der Waals surface area contributed by atoms with Crippen LogP contribution in [0.15, 0.2) is 0 Å². The first-order chi connectivity index (χ1) is 4.93. The Hall–Kier alpha value is -0.0400. The zero-order valence-electron chi connectivity index (χ0n) is 6.81. The lowest BCUT2D eigenvalue weighted by Gasteiger charge is -2.21. The Bertz CT molecular complexity index is 74.8. The van der Waals surface area contributed by atoms with Gasteiger partial charge in [-0.1, -0.05) is 26.2 Å². The summed E-state index contributed by atoms with van der Waals surface area (Å²) in [5.74, 6) is 0. The maximum absolute atomic E-state index is 5.51.